The quantitative estimate of drug-likeness (QED) is 0.526. The van der Waals surface area contributed by atoms with Crippen LogP contribution in [-0.2, 0) is 4.79 Å². The summed E-state index contributed by atoms with van der Waals surface area (Å²) in [6.07, 6.45) is 0.773. The third-order valence-electron chi connectivity index (χ3n) is 2.72. The Labute approximate surface area is 90.0 Å². The fourth-order valence-corrected chi connectivity index (χ4v) is 1.87. The molecule has 0 aromatic heterocycles. The maximum absolute atomic E-state index is 11.9. The van der Waals surface area contributed by atoms with Crippen molar-refractivity contribution in [2.45, 2.75) is 32.4 Å². The van der Waals surface area contributed by atoms with Gasteiger partial charge in [-0.25, -0.2) is 0 Å². The highest BCUT2D eigenvalue weighted by Gasteiger charge is 2.42. The zero-order valence-corrected chi connectivity index (χ0v) is 9.08. The molecule has 1 atom stereocenters. The molecule has 70 valence electrons. The molecule has 1 heterocycles. The third-order valence-corrected chi connectivity index (χ3v) is 2.72. The molecule has 14 heavy (non-hydrogen) atoms. The van der Waals surface area contributed by atoms with E-state index in [1.165, 1.54) is 4.90 Å². The number of carbonyl (C=O) groups is 1. The van der Waals surface area contributed by atoms with E-state index in [1.54, 1.807) is 0 Å². The minimum Gasteiger partial charge on any atom is -0.362 e. The van der Waals surface area contributed by atoms with Crippen molar-refractivity contribution in [3.8, 4) is 0 Å². The van der Waals surface area contributed by atoms with Crippen LogP contribution in [0.1, 0.15) is 27.2 Å². The molecule has 1 saturated heterocycles. The predicted molar refractivity (Wildman–Crippen MR) is 59.3 cm³/mol. The SMILES string of the molecule is [B]C([B])([B])N1CC[C@H](C(C)(C)C)C1=O. The Morgan fingerprint density at radius 3 is 2.00 bits per heavy atom. The summed E-state index contributed by atoms with van der Waals surface area (Å²) in [7, 11) is 16.5. The van der Waals surface area contributed by atoms with E-state index in [2.05, 4.69) is 0 Å². The zero-order chi connectivity index (χ0) is 11.1. The Morgan fingerprint density at radius 1 is 1.29 bits per heavy atom. The molecule has 0 unspecified atom stereocenters. The summed E-state index contributed by atoms with van der Waals surface area (Å²) < 4.78 is 0. The van der Waals surface area contributed by atoms with Gasteiger partial charge in [-0.1, -0.05) is 26.0 Å². The Bertz CT molecular complexity index is 217. The topological polar surface area (TPSA) is 20.3 Å². The van der Waals surface area contributed by atoms with Crippen LogP contribution in [-0.4, -0.2) is 46.1 Å². The average molecular weight is 185 g/mol. The van der Waals surface area contributed by atoms with Crippen molar-refractivity contribution in [3.63, 3.8) is 0 Å². The van der Waals surface area contributed by atoms with E-state index in [4.69, 9.17) is 23.5 Å². The minimum atomic E-state index is -1.52. The van der Waals surface area contributed by atoms with Crippen molar-refractivity contribution in [2.75, 3.05) is 6.54 Å². The van der Waals surface area contributed by atoms with Gasteiger partial charge in [0.1, 0.15) is 0 Å². The monoisotopic (exact) mass is 185 g/mol. The molecule has 0 spiro atoms. The molecular formula is C9H14B3NO. The number of hydrogen-bond donors (Lipinski definition) is 0. The van der Waals surface area contributed by atoms with Crippen LogP contribution in [0, 0.1) is 11.3 Å². The van der Waals surface area contributed by atoms with Crippen molar-refractivity contribution < 1.29 is 4.79 Å². The van der Waals surface area contributed by atoms with E-state index in [9.17, 15) is 4.79 Å². The standard InChI is InChI=1S/C9H14B3NO/c1-8(2,3)6-4-5-13(7(6)14)9(10,11)12/h6H,4-5H2,1-3H3/t6-/m0/s1. The Kier molecular flexibility index (Phi) is 2.81. The van der Waals surface area contributed by atoms with E-state index in [0.717, 1.165) is 6.42 Å². The molecule has 0 bridgehead atoms. The van der Waals surface area contributed by atoms with Crippen molar-refractivity contribution >= 4 is 29.4 Å². The van der Waals surface area contributed by atoms with Gasteiger partial charge in [0.25, 0.3) is 0 Å². The summed E-state index contributed by atoms with van der Waals surface area (Å²) in [4.78, 5) is 13.2. The van der Waals surface area contributed by atoms with Crippen LogP contribution in [0.2, 0.25) is 0 Å². The van der Waals surface area contributed by atoms with Crippen LogP contribution >= 0.6 is 0 Å². The molecule has 1 rings (SSSR count). The lowest BCUT2D eigenvalue weighted by atomic mass is 9.48. The van der Waals surface area contributed by atoms with Gasteiger partial charge >= 0.3 is 0 Å². The van der Waals surface area contributed by atoms with E-state index in [0.29, 0.717) is 6.54 Å². The molecule has 6 radical (unpaired) electrons. The normalized spacial score (nSPS) is 24.4. The average Bonchev–Trinajstić information content (AvgIpc) is 2.26. The van der Waals surface area contributed by atoms with Gasteiger partial charge in [0.2, 0.25) is 5.91 Å². The molecule has 1 fully saturated rings. The maximum Gasteiger partial charge on any atom is 0.224 e. The van der Waals surface area contributed by atoms with Crippen molar-refractivity contribution in [3.05, 3.63) is 0 Å². The molecule has 1 aliphatic rings. The number of hydrogen-bond acceptors (Lipinski definition) is 1. The van der Waals surface area contributed by atoms with Gasteiger partial charge in [0.15, 0.2) is 0 Å². The highest BCUT2D eigenvalue weighted by atomic mass is 16.2. The molecular weight excluding hydrogens is 171 g/mol. The van der Waals surface area contributed by atoms with Crippen LogP contribution in [0.5, 0.6) is 0 Å². The molecule has 0 aromatic carbocycles. The molecule has 0 aliphatic carbocycles. The summed E-state index contributed by atoms with van der Waals surface area (Å²) in [5.74, 6) is -0.0671. The lowest BCUT2D eigenvalue weighted by Gasteiger charge is -2.35. The summed E-state index contributed by atoms with van der Waals surface area (Å²) in [5, 5.41) is -1.52. The first kappa shape index (κ1) is 11.7. The Balaban J connectivity index is 2.80. The summed E-state index contributed by atoms with van der Waals surface area (Å²) in [6.45, 7) is 6.64. The number of rotatable bonds is 1. The van der Waals surface area contributed by atoms with Crippen LogP contribution in [0.3, 0.4) is 0 Å². The van der Waals surface area contributed by atoms with Gasteiger partial charge in [-0.05, 0) is 11.8 Å². The molecule has 2 nitrogen and oxygen atoms in total. The van der Waals surface area contributed by atoms with Crippen LogP contribution < -0.4 is 0 Å². The third kappa shape index (κ3) is 2.18. The van der Waals surface area contributed by atoms with Crippen molar-refractivity contribution in [2.24, 2.45) is 11.3 Å². The van der Waals surface area contributed by atoms with E-state index in [-0.39, 0.29) is 17.2 Å². The van der Waals surface area contributed by atoms with Gasteiger partial charge < -0.3 is 4.90 Å². The summed E-state index contributed by atoms with van der Waals surface area (Å²) in [5.41, 5.74) is -0.0584. The second kappa shape index (κ2) is 3.35. The first-order valence-corrected chi connectivity index (χ1v) is 4.82. The molecule has 0 N–H and O–H groups in total. The van der Waals surface area contributed by atoms with E-state index in [1.807, 2.05) is 20.8 Å². The lowest BCUT2D eigenvalue weighted by molar-refractivity contribution is -0.133. The maximum atomic E-state index is 11.9. The second-order valence-corrected chi connectivity index (χ2v) is 5.08. The van der Waals surface area contributed by atoms with Gasteiger partial charge in [-0.2, -0.15) is 0 Å². The summed E-state index contributed by atoms with van der Waals surface area (Å²) >= 11 is 0. The number of amides is 1. The lowest BCUT2D eigenvalue weighted by Crippen LogP contribution is -2.52. The number of nitrogens with zero attached hydrogens (tertiary/aromatic N) is 1. The fraction of sp³-hybridized carbons (Fsp3) is 0.889. The van der Waals surface area contributed by atoms with E-state index >= 15 is 0 Å². The predicted octanol–water partition coefficient (Wildman–Crippen LogP) is -0.00220. The molecule has 1 aliphatic heterocycles. The van der Waals surface area contributed by atoms with Crippen molar-refractivity contribution in [1.82, 2.24) is 4.90 Å². The van der Waals surface area contributed by atoms with Crippen LogP contribution in [0.25, 0.3) is 0 Å². The first-order valence-electron chi connectivity index (χ1n) is 4.82. The Hall–Kier alpha value is -0.335. The van der Waals surface area contributed by atoms with Gasteiger partial charge in [-0.3, -0.25) is 4.79 Å². The largest absolute Gasteiger partial charge is 0.362 e. The van der Waals surface area contributed by atoms with Gasteiger partial charge in [0.05, 0.1) is 23.5 Å². The van der Waals surface area contributed by atoms with E-state index < -0.39 is 5.24 Å². The van der Waals surface area contributed by atoms with Crippen molar-refractivity contribution in [1.29, 1.82) is 0 Å². The number of likely N-dealkylation sites (tertiary alicyclic amines) is 1. The molecule has 5 heteroatoms. The van der Waals surface area contributed by atoms with Crippen LogP contribution in [0.4, 0.5) is 0 Å². The molecule has 1 amide bonds. The van der Waals surface area contributed by atoms with Gasteiger partial charge in [-0.15, -0.1) is 0 Å². The molecule has 0 aromatic rings. The highest BCUT2D eigenvalue weighted by Crippen LogP contribution is 2.35. The number of carbonyl (C=O) groups excluding carboxylic acids is 1. The van der Waals surface area contributed by atoms with Crippen LogP contribution in [0.15, 0.2) is 0 Å². The highest BCUT2D eigenvalue weighted by molar-refractivity contribution is 6.59. The fourth-order valence-electron chi connectivity index (χ4n) is 1.87. The zero-order valence-electron chi connectivity index (χ0n) is 9.08. The Morgan fingerprint density at radius 2 is 1.79 bits per heavy atom. The second-order valence-electron chi connectivity index (χ2n) is 5.08. The first-order chi connectivity index (χ1) is 6.14. The minimum absolute atomic E-state index is 0.0301. The summed E-state index contributed by atoms with van der Waals surface area (Å²) in [6, 6.07) is 0. The van der Waals surface area contributed by atoms with Gasteiger partial charge in [0, 0.05) is 12.5 Å². The smallest absolute Gasteiger partial charge is 0.224 e. The molecule has 0 saturated carbocycles.